The highest BCUT2D eigenvalue weighted by atomic mass is 16.5. The van der Waals surface area contributed by atoms with E-state index in [0.717, 1.165) is 11.3 Å². The lowest BCUT2D eigenvalue weighted by atomic mass is 10.1. The molecule has 0 unspecified atom stereocenters. The van der Waals surface area contributed by atoms with E-state index >= 15 is 0 Å². The van der Waals surface area contributed by atoms with Crippen LogP contribution < -0.4 is 4.74 Å². The third kappa shape index (κ3) is 3.95. The molecule has 6 nitrogen and oxygen atoms in total. The fourth-order valence-electron chi connectivity index (χ4n) is 2.29. The highest BCUT2D eigenvalue weighted by Gasteiger charge is 2.32. The van der Waals surface area contributed by atoms with Gasteiger partial charge >= 0.3 is 5.97 Å². The zero-order valence-electron chi connectivity index (χ0n) is 11.9. The molecule has 1 atom stereocenters. The van der Waals surface area contributed by atoms with Crippen LogP contribution in [0.5, 0.6) is 5.75 Å². The highest BCUT2D eigenvalue weighted by Crippen LogP contribution is 2.14. The summed E-state index contributed by atoms with van der Waals surface area (Å²) in [5.74, 6) is -0.404. The first-order valence-electron chi connectivity index (χ1n) is 6.85. The number of hydrogen-bond donors (Lipinski definition) is 1. The Morgan fingerprint density at radius 2 is 2.10 bits per heavy atom. The van der Waals surface area contributed by atoms with Gasteiger partial charge in [-0.1, -0.05) is 12.1 Å². The molecule has 114 valence electrons. The zero-order valence-corrected chi connectivity index (χ0v) is 11.9. The third-order valence-corrected chi connectivity index (χ3v) is 3.52. The van der Waals surface area contributed by atoms with Gasteiger partial charge in [0.15, 0.2) is 6.04 Å². The Balaban J connectivity index is 1.91. The average molecular weight is 293 g/mol. The van der Waals surface area contributed by atoms with Crippen LogP contribution in [0, 0.1) is 0 Å². The van der Waals surface area contributed by atoms with Crippen LogP contribution in [0.3, 0.4) is 0 Å². The summed E-state index contributed by atoms with van der Waals surface area (Å²) in [5.41, 5.74) is 1.02. The van der Waals surface area contributed by atoms with Crippen molar-refractivity contribution in [2.24, 2.45) is 0 Å². The first-order valence-corrected chi connectivity index (χ1v) is 6.85. The van der Waals surface area contributed by atoms with Gasteiger partial charge in [-0.15, -0.1) is 0 Å². The molecule has 2 rings (SSSR count). The predicted molar refractivity (Wildman–Crippen MR) is 75.3 cm³/mol. The van der Waals surface area contributed by atoms with Gasteiger partial charge in [0.05, 0.1) is 20.3 Å². The summed E-state index contributed by atoms with van der Waals surface area (Å²) in [6.45, 7) is 0.778. The fraction of sp³-hybridized carbons (Fsp3) is 0.467. The maximum atomic E-state index is 12.2. The van der Waals surface area contributed by atoms with E-state index in [4.69, 9.17) is 14.6 Å². The molecular formula is C15H19NO5. The third-order valence-electron chi connectivity index (χ3n) is 3.52. The number of ether oxygens (including phenoxy) is 2. The number of carboxylic acid groups (broad SMARTS) is 1. The molecule has 0 bridgehead atoms. The number of methoxy groups -OCH3 is 1. The number of carbonyl (C=O) groups is 2. The summed E-state index contributed by atoms with van der Waals surface area (Å²) < 4.78 is 10.2. The molecule has 1 aliphatic rings. The molecule has 0 saturated carbocycles. The predicted octanol–water partition coefficient (Wildman–Crippen LogP) is 0.940. The maximum Gasteiger partial charge on any atom is 0.328 e. The molecular weight excluding hydrogens is 274 g/mol. The number of carboxylic acids is 1. The van der Waals surface area contributed by atoms with Crippen LogP contribution in [0.25, 0.3) is 0 Å². The van der Waals surface area contributed by atoms with E-state index < -0.39 is 12.0 Å². The minimum absolute atomic E-state index is 0.0591. The van der Waals surface area contributed by atoms with Gasteiger partial charge in [0.1, 0.15) is 5.75 Å². The molecule has 1 aromatic rings. The molecule has 0 aliphatic carbocycles. The lowest BCUT2D eigenvalue weighted by Gasteiger charge is -2.32. The number of aliphatic carboxylic acids is 1. The van der Waals surface area contributed by atoms with E-state index in [1.165, 1.54) is 4.90 Å². The van der Waals surface area contributed by atoms with Crippen LogP contribution in [-0.4, -0.2) is 54.8 Å². The standard InChI is InChI=1S/C15H19NO5/c1-20-12-5-2-11(3-6-12)4-7-14(17)16-8-9-21-10-13(16)15(18)19/h2-3,5-6,13H,4,7-10H2,1H3,(H,18,19)/t13-/m0/s1. The first-order chi connectivity index (χ1) is 10.1. The van der Waals surface area contributed by atoms with Gasteiger partial charge in [-0.3, -0.25) is 4.79 Å². The van der Waals surface area contributed by atoms with E-state index in [9.17, 15) is 9.59 Å². The van der Waals surface area contributed by atoms with Crippen LogP contribution in [0.15, 0.2) is 24.3 Å². The lowest BCUT2D eigenvalue weighted by Crippen LogP contribution is -2.52. The van der Waals surface area contributed by atoms with Crippen molar-refractivity contribution in [2.45, 2.75) is 18.9 Å². The molecule has 1 amide bonds. The van der Waals surface area contributed by atoms with Crippen molar-refractivity contribution >= 4 is 11.9 Å². The number of morpholine rings is 1. The van der Waals surface area contributed by atoms with E-state index in [0.29, 0.717) is 19.6 Å². The number of rotatable bonds is 5. The van der Waals surface area contributed by atoms with Crippen molar-refractivity contribution in [3.05, 3.63) is 29.8 Å². The first kappa shape index (κ1) is 15.3. The summed E-state index contributed by atoms with van der Waals surface area (Å²) in [7, 11) is 1.60. The molecule has 1 heterocycles. The van der Waals surface area contributed by atoms with Crippen LogP contribution in [0.4, 0.5) is 0 Å². The van der Waals surface area contributed by atoms with Gasteiger partial charge in [0.25, 0.3) is 0 Å². The van der Waals surface area contributed by atoms with Crippen molar-refractivity contribution in [1.29, 1.82) is 0 Å². The fourth-order valence-corrected chi connectivity index (χ4v) is 2.29. The molecule has 21 heavy (non-hydrogen) atoms. The van der Waals surface area contributed by atoms with Gasteiger partial charge < -0.3 is 19.5 Å². The molecule has 1 aromatic carbocycles. The summed E-state index contributed by atoms with van der Waals surface area (Å²) in [6.07, 6.45) is 0.864. The molecule has 0 radical (unpaired) electrons. The van der Waals surface area contributed by atoms with E-state index in [2.05, 4.69) is 0 Å². The topological polar surface area (TPSA) is 76.1 Å². The second-order valence-corrected chi connectivity index (χ2v) is 4.86. The second kappa shape index (κ2) is 7.08. The molecule has 1 saturated heterocycles. The van der Waals surface area contributed by atoms with Crippen LogP contribution >= 0.6 is 0 Å². The highest BCUT2D eigenvalue weighted by molar-refractivity contribution is 5.84. The monoisotopic (exact) mass is 293 g/mol. The van der Waals surface area contributed by atoms with Gasteiger partial charge in [0, 0.05) is 13.0 Å². The van der Waals surface area contributed by atoms with Crippen molar-refractivity contribution in [1.82, 2.24) is 4.90 Å². The number of benzene rings is 1. The van der Waals surface area contributed by atoms with Gasteiger partial charge in [-0.2, -0.15) is 0 Å². The Morgan fingerprint density at radius 3 is 2.71 bits per heavy atom. The molecule has 1 fully saturated rings. The zero-order chi connectivity index (χ0) is 15.2. The molecule has 1 aliphatic heterocycles. The van der Waals surface area contributed by atoms with Crippen molar-refractivity contribution in [3.63, 3.8) is 0 Å². The van der Waals surface area contributed by atoms with Gasteiger partial charge in [-0.25, -0.2) is 4.79 Å². The maximum absolute atomic E-state index is 12.2. The Hall–Kier alpha value is -2.08. The van der Waals surface area contributed by atoms with Crippen LogP contribution in [-0.2, 0) is 20.7 Å². The summed E-state index contributed by atoms with van der Waals surface area (Å²) in [6, 6.07) is 6.62. The number of hydrogen-bond acceptors (Lipinski definition) is 4. The molecule has 0 spiro atoms. The Labute approximate surface area is 123 Å². The van der Waals surface area contributed by atoms with Crippen molar-refractivity contribution in [3.8, 4) is 5.75 Å². The minimum atomic E-state index is -1.02. The molecule has 6 heteroatoms. The van der Waals surface area contributed by atoms with Gasteiger partial charge in [0.2, 0.25) is 5.91 Å². The lowest BCUT2D eigenvalue weighted by molar-refractivity contribution is -0.158. The van der Waals surface area contributed by atoms with Gasteiger partial charge in [-0.05, 0) is 24.1 Å². The summed E-state index contributed by atoms with van der Waals surface area (Å²) in [4.78, 5) is 24.7. The normalized spacial score (nSPS) is 18.3. The van der Waals surface area contributed by atoms with Crippen molar-refractivity contribution < 1.29 is 24.2 Å². The smallest absolute Gasteiger partial charge is 0.328 e. The van der Waals surface area contributed by atoms with Crippen molar-refractivity contribution in [2.75, 3.05) is 26.9 Å². The number of amides is 1. The van der Waals surface area contributed by atoms with E-state index in [-0.39, 0.29) is 18.9 Å². The number of nitrogens with zero attached hydrogens (tertiary/aromatic N) is 1. The Kier molecular flexibility index (Phi) is 5.16. The summed E-state index contributed by atoms with van der Waals surface area (Å²) >= 11 is 0. The Bertz CT molecular complexity index is 499. The quantitative estimate of drug-likeness (QED) is 0.874. The van der Waals surface area contributed by atoms with Crippen LogP contribution in [0.2, 0.25) is 0 Å². The number of aryl methyl sites for hydroxylation is 1. The number of carbonyl (C=O) groups excluding carboxylic acids is 1. The minimum Gasteiger partial charge on any atom is -0.497 e. The van der Waals surface area contributed by atoms with E-state index in [1.807, 2.05) is 24.3 Å². The second-order valence-electron chi connectivity index (χ2n) is 4.86. The largest absolute Gasteiger partial charge is 0.497 e. The van der Waals surface area contributed by atoms with Crippen LogP contribution in [0.1, 0.15) is 12.0 Å². The summed E-state index contributed by atoms with van der Waals surface area (Å²) in [5, 5.41) is 9.11. The molecule has 0 aromatic heterocycles. The van der Waals surface area contributed by atoms with E-state index in [1.54, 1.807) is 7.11 Å². The SMILES string of the molecule is COc1ccc(CCC(=O)N2CCOC[C@H]2C(=O)O)cc1. The molecule has 1 N–H and O–H groups in total. The average Bonchev–Trinajstić information content (AvgIpc) is 2.53. The Morgan fingerprint density at radius 1 is 1.38 bits per heavy atom.